The van der Waals surface area contributed by atoms with Crippen LogP contribution in [0.2, 0.25) is 0 Å². The Hall–Kier alpha value is -2.21. The molecule has 0 amide bonds. The minimum absolute atomic E-state index is 0.290. The molecular weight excluding hydrogens is 203 g/mol. The number of rotatable bonds is 1. The number of nitrogens with zero attached hydrogens (tertiary/aromatic N) is 2. The van der Waals surface area contributed by atoms with Gasteiger partial charge in [0.2, 0.25) is 0 Å². The zero-order chi connectivity index (χ0) is 11.5. The molecule has 2 rings (SSSR count). The normalized spacial score (nSPS) is 9.81. The van der Waals surface area contributed by atoms with Gasteiger partial charge in [-0.25, -0.2) is 9.37 Å². The molecule has 1 heterocycles. The number of hydrogen-bond acceptors (Lipinski definition) is 2. The first kappa shape index (κ1) is 10.3. The molecule has 0 aliphatic carbocycles. The highest BCUT2D eigenvalue weighted by Gasteiger charge is 2.06. The molecule has 0 aliphatic rings. The van der Waals surface area contributed by atoms with Crippen LogP contribution < -0.4 is 0 Å². The Labute approximate surface area is 93.0 Å². The summed E-state index contributed by atoms with van der Waals surface area (Å²) in [4.78, 5) is 3.85. The van der Waals surface area contributed by atoms with Crippen molar-refractivity contribution in [3.05, 3.63) is 53.6 Å². The van der Waals surface area contributed by atoms with E-state index in [0.717, 1.165) is 5.56 Å². The Balaban J connectivity index is 2.58. The summed E-state index contributed by atoms with van der Waals surface area (Å²) >= 11 is 0. The number of aryl methyl sites for hydroxylation is 1. The Morgan fingerprint density at radius 2 is 2.06 bits per heavy atom. The number of hydrogen-bond donors (Lipinski definition) is 0. The van der Waals surface area contributed by atoms with E-state index in [9.17, 15) is 4.39 Å². The van der Waals surface area contributed by atoms with Crippen molar-refractivity contribution in [2.45, 2.75) is 6.92 Å². The van der Waals surface area contributed by atoms with E-state index >= 15 is 0 Å². The van der Waals surface area contributed by atoms with Gasteiger partial charge in [-0.1, -0.05) is 11.6 Å². The molecule has 78 valence electrons. The van der Waals surface area contributed by atoms with Crippen LogP contribution in [0.4, 0.5) is 4.39 Å². The topological polar surface area (TPSA) is 36.7 Å². The lowest BCUT2D eigenvalue weighted by Gasteiger charge is -2.04. The van der Waals surface area contributed by atoms with Crippen LogP contribution in [-0.2, 0) is 0 Å². The summed E-state index contributed by atoms with van der Waals surface area (Å²) in [7, 11) is 0. The standard InChI is InChI=1S/C13H9FN2/c1-9-2-3-13(14)12(6-9)10-4-5-16-11(7-10)8-15/h2-7H,1H3. The second-order valence-electron chi connectivity index (χ2n) is 3.52. The van der Waals surface area contributed by atoms with Gasteiger partial charge in [-0.15, -0.1) is 0 Å². The molecule has 2 aromatic rings. The quantitative estimate of drug-likeness (QED) is 0.728. The van der Waals surface area contributed by atoms with E-state index in [4.69, 9.17) is 5.26 Å². The number of pyridine rings is 1. The fraction of sp³-hybridized carbons (Fsp3) is 0.0769. The smallest absolute Gasteiger partial charge is 0.141 e. The zero-order valence-electron chi connectivity index (χ0n) is 8.74. The van der Waals surface area contributed by atoms with Crippen LogP contribution in [0, 0.1) is 24.1 Å². The predicted molar refractivity (Wildman–Crippen MR) is 59.1 cm³/mol. The molecule has 0 saturated heterocycles. The second kappa shape index (κ2) is 4.11. The largest absolute Gasteiger partial charge is 0.246 e. The Morgan fingerprint density at radius 3 is 2.81 bits per heavy atom. The van der Waals surface area contributed by atoms with Gasteiger partial charge in [0, 0.05) is 11.8 Å². The van der Waals surface area contributed by atoms with Crippen molar-refractivity contribution in [2.24, 2.45) is 0 Å². The van der Waals surface area contributed by atoms with Crippen molar-refractivity contribution in [3.8, 4) is 17.2 Å². The first-order chi connectivity index (χ1) is 7.70. The van der Waals surface area contributed by atoms with Crippen LogP contribution in [0.15, 0.2) is 36.5 Å². The Bertz CT molecular complexity index is 570. The van der Waals surface area contributed by atoms with Crippen molar-refractivity contribution >= 4 is 0 Å². The van der Waals surface area contributed by atoms with Gasteiger partial charge < -0.3 is 0 Å². The van der Waals surface area contributed by atoms with Crippen LogP contribution in [0.5, 0.6) is 0 Å². The lowest BCUT2D eigenvalue weighted by Crippen LogP contribution is -1.88. The van der Waals surface area contributed by atoms with E-state index in [1.807, 2.05) is 13.0 Å². The molecule has 0 atom stereocenters. The van der Waals surface area contributed by atoms with E-state index < -0.39 is 0 Å². The third-order valence-electron chi connectivity index (χ3n) is 2.31. The fourth-order valence-electron chi connectivity index (χ4n) is 1.52. The highest BCUT2D eigenvalue weighted by molar-refractivity contribution is 5.65. The lowest BCUT2D eigenvalue weighted by atomic mass is 10.0. The average Bonchev–Trinajstić information content (AvgIpc) is 2.32. The Kier molecular flexibility index (Phi) is 2.65. The van der Waals surface area contributed by atoms with Crippen LogP contribution in [0.25, 0.3) is 11.1 Å². The van der Waals surface area contributed by atoms with E-state index in [-0.39, 0.29) is 5.82 Å². The summed E-state index contributed by atoms with van der Waals surface area (Å²) in [5.74, 6) is -0.291. The lowest BCUT2D eigenvalue weighted by molar-refractivity contribution is 0.631. The van der Waals surface area contributed by atoms with Gasteiger partial charge in [0.1, 0.15) is 17.6 Å². The van der Waals surface area contributed by atoms with Crippen molar-refractivity contribution in [3.63, 3.8) is 0 Å². The van der Waals surface area contributed by atoms with E-state index in [1.165, 1.54) is 12.3 Å². The van der Waals surface area contributed by atoms with Crippen LogP contribution >= 0.6 is 0 Å². The minimum Gasteiger partial charge on any atom is -0.246 e. The van der Waals surface area contributed by atoms with Gasteiger partial charge in [-0.2, -0.15) is 5.26 Å². The van der Waals surface area contributed by atoms with E-state index in [1.54, 1.807) is 24.3 Å². The highest BCUT2D eigenvalue weighted by Crippen LogP contribution is 2.23. The summed E-state index contributed by atoms with van der Waals surface area (Å²) in [5, 5.41) is 8.73. The third-order valence-corrected chi connectivity index (χ3v) is 2.31. The van der Waals surface area contributed by atoms with Crippen molar-refractivity contribution < 1.29 is 4.39 Å². The zero-order valence-corrected chi connectivity index (χ0v) is 8.74. The van der Waals surface area contributed by atoms with Gasteiger partial charge in [-0.05, 0) is 36.8 Å². The number of benzene rings is 1. The van der Waals surface area contributed by atoms with Gasteiger partial charge in [0.05, 0.1) is 0 Å². The first-order valence-electron chi connectivity index (χ1n) is 4.83. The molecule has 1 aromatic heterocycles. The van der Waals surface area contributed by atoms with Crippen molar-refractivity contribution in [1.29, 1.82) is 5.26 Å². The molecule has 0 N–H and O–H groups in total. The monoisotopic (exact) mass is 212 g/mol. The SMILES string of the molecule is Cc1ccc(F)c(-c2ccnc(C#N)c2)c1. The van der Waals surface area contributed by atoms with Gasteiger partial charge in [0.25, 0.3) is 0 Å². The summed E-state index contributed by atoms with van der Waals surface area (Å²) in [6.45, 7) is 1.90. The summed E-state index contributed by atoms with van der Waals surface area (Å²) in [6.07, 6.45) is 1.51. The fourth-order valence-corrected chi connectivity index (χ4v) is 1.52. The predicted octanol–water partition coefficient (Wildman–Crippen LogP) is 3.07. The van der Waals surface area contributed by atoms with Gasteiger partial charge in [0.15, 0.2) is 0 Å². The maximum Gasteiger partial charge on any atom is 0.141 e. The van der Waals surface area contributed by atoms with Gasteiger partial charge in [-0.3, -0.25) is 0 Å². The van der Waals surface area contributed by atoms with Crippen LogP contribution in [0.1, 0.15) is 11.3 Å². The molecule has 0 spiro atoms. The first-order valence-corrected chi connectivity index (χ1v) is 4.83. The van der Waals surface area contributed by atoms with E-state index in [2.05, 4.69) is 4.98 Å². The molecule has 3 heteroatoms. The molecule has 0 saturated carbocycles. The molecule has 1 aromatic carbocycles. The molecule has 16 heavy (non-hydrogen) atoms. The minimum atomic E-state index is -0.291. The summed E-state index contributed by atoms with van der Waals surface area (Å²) in [6, 6.07) is 10.1. The molecular formula is C13H9FN2. The molecule has 0 aliphatic heterocycles. The number of aromatic nitrogens is 1. The Morgan fingerprint density at radius 1 is 1.25 bits per heavy atom. The number of nitriles is 1. The van der Waals surface area contributed by atoms with Gasteiger partial charge >= 0.3 is 0 Å². The second-order valence-corrected chi connectivity index (χ2v) is 3.52. The van der Waals surface area contributed by atoms with Crippen molar-refractivity contribution in [1.82, 2.24) is 4.98 Å². The van der Waals surface area contributed by atoms with Crippen LogP contribution in [-0.4, -0.2) is 4.98 Å². The van der Waals surface area contributed by atoms with Crippen molar-refractivity contribution in [2.75, 3.05) is 0 Å². The summed E-state index contributed by atoms with van der Waals surface area (Å²) < 4.78 is 13.6. The average molecular weight is 212 g/mol. The van der Waals surface area contributed by atoms with Crippen LogP contribution in [0.3, 0.4) is 0 Å². The maximum absolute atomic E-state index is 13.6. The molecule has 0 bridgehead atoms. The van der Waals surface area contributed by atoms with E-state index in [0.29, 0.717) is 16.8 Å². The summed E-state index contributed by atoms with van der Waals surface area (Å²) in [5.41, 5.74) is 2.44. The molecule has 2 nitrogen and oxygen atoms in total. The maximum atomic E-state index is 13.6. The third kappa shape index (κ3) is 1.91. The number of halogens is 1. The molecule has 0 radical (unpaired) electrons. The highest BCUT2D eigenvalue weighted by atomic mass is 19.1. The molecule has 0 fully saturated rings. The molecule has 0 unspecified atom stereocenters.